The van der Waals surface area contributed by atoms with Gasteiger partial charge in [-0.1, -0.05) is 0 Å². The molecule has 0 fully saturated rings. The molecule has 0 aromatic heterocycles. The number of amides is 2. The number of carbonyl (C=O) groups is 3. The van der Waals surface area contributed by atoms with Crippen LogP contribution in [-0.2, 0) is 11.2 Å². The molecule has 1 N–H and O–H groups in total. The Balaban J connectivity index is 1.59. The van der Waals surface area contributed by atoms with Crippen molar-refractivity contribution < 1.29 is 24.0 Å². The van der Waals surface area contributed by atoms with Crippen molar-refractivity contribution in [3.05, 3.63) is 63.2 Å². The minimum atomic E-state index is -0.626. The standard InChI is InChI=1S/C20H19N3O6/c1-29-19-5-3-15(11-17(19)23(27)28)20(26)21-8-6-18(25)14-2-4-16-13(10-14)7-9-22(16)12-24/h2-5,10-12H,6-9H2,1H3,(H,21,26). The molecule has 9 nitrogen and oxygen atoms in total. The average molecular weight is 397 g/mol. The van der Waals surface area contributed by atoms with Gasteiger partial charge in [0.1, 0.15) is 0 Å². The molecule has 1 heterocycles. The van der Waals surface area contributed by atoms with Gasteiger partial charge in [0.25, 0.3) is 5.91 Å². The van der Waals surface area contributed by atoms with E-state index in [1.54, 1.807) is 23.1 Å². The fraction of sp³-hybridized carbons (Fsp3) is 0.250. The molecular weight excluding hydrogens is 378 g/mol. The van der Waals surface area contributed by atoms with Crippen LogP contribution in [0.1, 0.15) is 32.7 Å². The average Bonchev–Trinajstić information content (AvgIpc) is 3.15. The van der Waals surface area contributed by atoms with Gasteiger partial charge in [0.15, 0.2) is 11.5 Å². The second-order valence-electron chi connectivity index (χ2n) is 6.47. The van der Waals surface area contributed by atoms with Crippen LogP contribution < -0.4 is 15.0 Å². The van der Waals surface area contributed by atoms with E-state index in [4.69, 9.17) is 4.74 Å². The summed E-state index contributed by atoms with van der Waals surface area (Å²) in [7, 11) is 1.31. The van der Waals surface area contributed by atoms with E-state index < -0.39 is 10.8 Å². The first-order valence-electron chi connectivity index (χ1n) is 8.93. The molecule has 0 saturated heterocycles. The summed E-state index contributed by atoms with van der Waals surface area (Å²) in [5, 5.41) is 13.7. The van der Waals surface area contributed by atoms with Gasteiger partial charge in [-0.05, 0) is 42.3 Å². The zero-order chi connectivity index (χ0) is 21.0. The number of nitro groups is 1. The summed E-state index contributed by atoms with van der Waals surface area (Å²) in [6.45, 7) is 0.690. The number of rotatable bonds is 8. The van der Waals surface area contributed by atoms with Crippen LogP contribution in [0.4, 0.5) is 11.4 Å². The highest BCUT2D eigenvalue weighted by atomic mass is 16.6. The smallest absolute Gasteiger partial charge is 0.311 e. The number of hydrogen-bond acceptors (Lipinski definition) is 6. The molecule has 2 aromatic rings. The normalized spacial score (nSPS) is 12.2. The highest BCUT2D eigenvalue weighted by Crippen LogP contribution is 2.28. The summed E-state index contributed by atoms with van der Waals surface area (Å²) in [5.41, 5.74) is 2.07. The van der Waals surface area contributed by atoms with Crippen LogP contribution in [0, 0.1) is 10.1 Å². The summed E-state index contributed by atoms with van der Waals surface area (Å²) in [4.78, 5) is 47.6. The fourth-order valence-corrected chi connectivity index (χ4v) is 3.22. The molecule has 0 saturated carbocycles. The van der Waals surface area contributed by atoms with E-state index in [2.05, 4.69) is 5.32 Å². The molecule has 2 amide bonds. The monoisotopic (exact) mass is 397 g/mol. The van der Waals surface area contributed by atoms with Crippen molar-refractivity contribution in [3.8, 4) is 5.75 Å². The van der Waals surface area contributed by atoms with Gasteiger partial charge in [-0.15, -0.1) is 0 Å². The first-order valence-corrected chi connectivity index (χ1v) is 8.93. The lowest BCUT2D eigenvalue weighted by Crippen LogP contribution is -2.26. The maximum absolute atomic E-state index is 12.4. The number of benzene rings is 2. The zero-order valence-electron chi connectivity index (χ0n) is 15.7. The number of Topliss-reactive ketones (excluding diaryl/α,β-unsaturated/α-hetero) is 1. The highest BCUT2D eigenvalue weighted by molar-refractivity contribution is 5.98. The lowest BCUT2D eigenvalue weighted by molar-refractivity contribution is -0.385. The third-order valence-corrected chi connectivity index (χ3v) is 4.74. The molecule has 0 unspecified atom stereocenters. The molecule has 0 spiro atoms. The van der Waals surface area contributed by atoms with E-state index in [-0.39, 0.29) is 35.7 Å². The van der Waals surface area contributed by atoms with E-state index in [0.717, 1.165) is 23.7 Å². The third kappa shape index (κ3) is 4.23. The molecule has 29 heavy (non-hydrogen) atoms. The molecule has 0 bridgehead atoms. The van der Waals surface area contributed by atoms with Gasteiger partial charge in [0.2, 0.25) is 6.41 Å². The molecule has 1 aliphatic rings. The number of ketones is 1. The first-order chi connectivity index (χ1) is 13.9. The molecule has 150 valence electrons. The Hall–Kier alpha value is -3.75. The van der Waals surface area contributed by atoms with Gasteiger partial charge >= 0.3 is 5.69 Å². The molecule has 0 atom stereocenters. The molecule has 3 rings (SSSR count). The number of ether oxygens (including phenoxy) is 1. The fourth-order valence-electron chi connectivity index (χ4n) is 3.22. The molecule has 0 radical (unpaired) electrons. The second-order valence-corrected chi connectivity index (χ2v) is 6.47. The van der Waals surface area contributed by atoms with Gasteiger partial charge < -0.3 is 15.0 Å². The number of fused-ring (bicyclic) bond motifs is 1. The Morgan fingerprint density at radius 3 is 2.69 bits per heavy atom. The van der Waals surface area contributed by atoms with Gasteiger partial charge in [0.05, 0.1) is 12.0 Å². The molecule has 2 aromatic carbocycles. The van der Waals surface area contributed by atoms with E-state index in [1.807, 2.05) is 0 Å². The zero-order valence-corrected chi connectivity index (χ0v) is 15.7. The lowest BCUT2D eigenvalue weighted by atomic mass is 10.0. The van der Waals surface area contributed by atoms with Crippen LogP contribution in [0.5, 0.6) is 5.75 Å². The van der Waals surface area contributed by atoms with Crippen molar-refractivity contribution in [1.29, 1.82) is 0 Å². The van der Waals surface area contributed by atoms with Crippen LogP contribution in [0.15, 0.2) is 36.4 Å². The minimum absolute atomic E-state index is 0.0616. The minimum Gasteiger partial charge on any atom is -0.490 e. The van der Waals surface area contributed by atoms with E-state index in [1.165, 1.54) is 19.2 Å². The number of nitro benzene ring substituents is 1. The predicted octanol–water partition coefficient (Wildman–Crippen LogP) is 2.13. The van der Waals surface area contributed by atoms with Crippen LogP contribution >= 0.6 is 0 Å². The second kappa shape index (κ2) is 8.51. The molecule has 0 aliphatic carbocycles. The number of anilines is 1. The van der Waals surface area contributed by atoms with E-state index in [9.17, 15) is 24.5 Å². The lowest BCUT2D eigenvalue weighted by Gasteiger charge is -2.10. The third-order valence-electron chi connectivity index (χ3n) is 4.74. The Morgan fingerprint density at radius 2 is 2.00 bits per heavy atom. The van der Waals surface area contributed by atoms with Crippen LogP contribution in [0.3, 0.4) is 0 Å². The quantitative estimate of drug-likeness (QED) is 0.315. The topological polar surface area (TPSA) is 119 Å². The molecule has 9 heteroatoms. The van der Waals surface area contributed by atoms with Crippen molar-refractivity contribution in [1.82, 2.24) is 5.32 Å². The summed E-state index contributed by atoms with van der Waals surface area (Å²) in [6, 6.07) is 9.09. The van der Waals surface area contributed by atoms with Gasteiger partial charge in [-0.2, -0.15) is 0 Å². The number of nitrogens with one attached hydrogen (secondary N) is 1. The number of nitrogens with zero attached hydrogens (tertiary/aromatic N) is 2. The maximum atomic E-state index is 12.4. The summed E-state index contributed by atoms with van der Waals surface area (Å²) >= 11 is 0. The predicted molar refractivity (Wildman–Crippen MR) is 104 cm³/mol. The van der Waals surface area contributed by atoms with Crippen LogP contribution in [-0.4, -0.2) is 43.2 Å². The van der Waals surface area contributed by atoms with Gasteiger partial charge in [-0.3, -0.25) is 24.5 Å². The highest BCUT2D eigenvalue weighted by Gasteiger charge is 2.21. The van der Waals surface area contributed by atoms with E-state index in [0.29, 0.717) is 18.5 Å². The summed E-state index contributed by atoms with van der Waals surface area (Å²) < 4.78 is 4.91. The Morgan fingerprint density at radius 1 is 1.24 bits per heavy atom. The molecule has 1 aliphatic heterocycles. The largest absolute Gasteiger partial charge is 0.490 e. The van der Waals surface area contributed by atoms with E-state index >= 15 is 0 Å². The Bertz CT molecular complexity index is 988. The Labute approximate surface area is 166 Å². The summed E-state index contributed by atoms with van der Waals surface area (Å²) in [6.07, 6.45) is 1.55. The number of methoxy groups -OCH3 is 1. The van der Waals surface area contributed by atoms with Crippen molar-refractivity contribution in [3.63, 3.8) is 0 Å². The van der Waals surface area contributed by atoms with Crippen molar-refractivity contribution in [2.24, 2.45) is 0 Å². The number of hydrogen-bond donors (Lipinski definition) is 1. The van der Waals surface area contributed by atoms with Crippen molar-refractivity contribution in [2.75, 3.05) is 25.1 Å². The van der Waals surface area contributed by atoms with Crippen molar-refractivity contribution >= 4 is 29.5 Å². The number of carbonyl (C=O) groups excluding carboxylic acids is 3. The van der Waals surface area contributed by atoms with Crippen LogP contribution in [0.2, 0.25) is 0 Å². The maximum Gasteiger partial charge on any atom is 0.311 e. The van der Waals surface area contributed by atoms with Crippen LogP contribution in [0.25, 0.3) is 0 Å². The van der Waals surface area contributed by atoms with Gasteiger partial charge in [-0.25, -0.2) is 0 Å². The molecular formula is C20H19N3O6. The first kappa shape index (κ1) is 20.0. The SMILES string of the molecule is COc1ccc(C(=O)NCCC(=O)c2ccc3c(c2)CCN3C=O)cc1[N+](=O)[O-]. The van der Waals surface area contributed by atoms with Crippen molar-refractivity contribution in [2.45, 2.75) is 12.8 Å². The van der Waals surface area contributed by atoms with Gasteiger partial charge in [0, 0.05) is 42.4 Å². The summed E-state index contributed by atoms with van der Waals surface area (Å²) in [5.74, 6) is -0.594. The Kier molecular flexibility index (Phi) is 5.87.